The maximum atomic E-state index is 13.6. The summed E-state index contributed by atoms with van der Waals surface area (Å²) in [6.07, 6.45) is 0.780. The van der Waals surface area contributed by atoms with Gasteiger partial charge in [0.05, 0.1) is 20.3 Å². The third-order valence-electron chi connectivity index (χ3n) is 5.65. The Labute approximate surface area is 187 Å². The van der Waals surface area contributed by atoms with E-state index in [1.165, 1.54) is 11.1 Å². The zero-order valence-corrected chi connectivity index (χ0v) is 19.2. The molecule has 0 saturated heterocycles. The first-order valence-corrected chi connectivity index (χ1v) is 11.2. The molecule has 1 atom stereocenters. The van der Waals surface area contributed by atoms with Gasteiger partial charge in [-0.05, 0) is 72.9 Å². The Morgan fingerprint density at radius 1 is 1.10 bits per heavy atom. The molecule has 1 amide bonds. The lowest BCUT2D eigenvalue weighted by Gasteiger charge is -2.37. The first-order valence-electron chi connectivity index (χ1n) is 10.3. The van der Waals surface area contributed by atoms with Crippen LogP contribution >= 0.6 is 11.3 Å². The Bertz CT molecular complexity index is 1050. The van der Waals surface area contributed by atoms with Crippen molar-refractivity contribution < 1.29 is 14.3 Å². The van der Waals surface area contributed by atoms with Crippen LogP contribution in [0.15, 0.2) is 53.9 Å². The lowest BCUT2D eigenvalue weighted by atomic mass is 9.90. The summed E-state index contributed by atoms with van der Waals surface area (Å²) >= 11 is 1.67. The molecule has 0 unspecified atom stereocenters. The van der Waals surface area contributed by atoms with Crippen LogP contribution in [-0.4, -0.2) is 50.6 Å². The summed E-state index contributed by atoms with van der Waals surface area (Å²) in [7, 11) is 7.38. The van der Waals surface area contributed by atoms with Gasteiger partial charge in [0.1, 0.15) is 0 Å². The minimum Gasteiger partial charge on any atom is -0.493 e. The molecule has 0 N–H and O–H groups in total. The number of methoxy groups -OCH3 is 2. The van der Waals surface area contributed by atoms with Crippen molar-refractivity contribution in [2.24, 2.45) is 0 Å². The second-order valence-electron chi connectivity index (χ2n) is 8.01. The van der Waals surface area contributed by atoms with Crippen LogP contribution in [0.1, 0.15) is 38.0 Å². The normalized spacial score (nSPS) is 15.6. The lowest BCUT2D eigenvalue weighted by Crippen LogP contribution is -2.40. The molecular weight excluding hydrogens is 408 g/mol. The van der Waals surface area contributed by atoms with Crippen molar-refractivity contribution >= 4 is 17.2 Å². The number of ether oxygens (including phenoxy) is 2. The molecule has 1 aliphatic heterocycles. The minimum atomic E-state index is -0.141. The van der Waals surface area contributed by atoms with Crippen LogP contribution in [0, 0.1) is 0 Å². The van der Waals surface area contributed by atoms with Crippen molar-refractivity contribution in [3.05, 3.63) is 81.0 Å². The first kappa shape index (κ1) is 21.4. The average Bonchev–Trinajstić information content (AvgIpc) is 3.31. The molecule has 2 aromatic carbocycles. The van der Waals surface area contributed by atoms with Gasteiger partial charge in [-0.3, -0.25) is 4.79 Å². The highest BCUT2D eigenvalue weighted by Crippen LogP contribution is 2.42. The number of thiophene rings is 1. The molecule has 0 radical (unpaired) electrons. The zero-order chi connectivity index (χ0) is 22.0. The number of carbonyl (C=O) groups is 1. The van der Waals surface area contributed by atoms with Crippen LogP contribution in [0.25, 0.3) is 0 Å². The fraction of sp³-hybridized carbons (Fsp3) is 0.320. The van der Waals surface area contributed by atoms with Gasteiger partial charge in [0.2, 0.25) is 0 Å². The minimum absolute atomic E-state index is 0.0511. The van der Waals surface area contributed by atoms with E-state index in [0.717, 1.165) is 29.2 Å². The molecule has 2 heterocycles. The number of benzene rings is 2. The quantitative estimate of drug-likeness (QED) is 0.566. The maximum absolute atomic E-state index is 13.6. The van der Waals surface area contributed by atoms with Crippen molar-refractivity contribution in [3.8, 4) is 11.5 Å². The average molecular weight is 437 g/mol. The van der Waals surface area contributed by atoms with Crippen molar-refractivity contribution in [3.63, 3.8) is 0 Å². The van der Waals surface area contributed by atoms with E-state index in [-0.39, 0.29) is 11.9 Å². The van der Waals surface area contributed by atoms with Gasteiger partial charge < -0.3 is 19.3 Å². The van der Waals surface area contributed by atoms with Gasteiger partial charge >= 0.3 is 0 Å². The summed E-state index contributed by atoms with van der Waals surface area (Å²) in [6, 6.07) is 16.0. The Hall–Kier alpha value is -2.83. The van der Waals surface area contributed by atoms with E-state index in [1.807, 2.05) is 61.5 Å². The number of nitrogens with zero attached hydrogens (tertiary/aromatic N) is 2. The molecule has 4 rings (SSSR count). The van der Waals surface area contributed by atoms with Crippen molar-refractivity contribution in [1.29, 1.82) is 0 Å². The number of carbonyl (C=O) groups excluding carboxylic acids is 1. The third kappa shape index (κ3) is 4.31. The number of rotatable bonds is 6. The highest BCUT2D eigenvalue weighted by atomic mass is 32.1. The fourth-order valence-electron chi connectivity index (χ4n) is 4.20. The molecule has 0 aliphatic carbocycles. The SMILES string of the molecule is COc1cc2c(cc1OC)[C@@H](c1cccs1)N(C(=O)c1ccc(CN(C)C)cc1)CC2. The van der Waals surface area contributed by atoms with Crippen LogP contribution in [0.3, 0.4) is 0 Å². The van der Waals surface area contributed by atoms with E-state index < -0.39 is 0 Å². The topological polar surface area (TPSA) is 42.0 Å². The summed E-state index contributed by atoms with van der Waals surface area (Å²) in [4.78, 5) is 18.8. The van der Waals surface area contributed by atoms with Crippen LogP contribution in [0.2, 0.25) is 0 Å². The van der Waals surface area contributed by atoms with Gasteiger partial charge in [-0.25, -0.2) is 0 Å². The molecule has 1 aliphatic rings. The summed E-state index contributed by atoms with van der Waals surface area (Å²) in [5.41, 5.74) is 4.20. The lowest BCUT2D eigenvalue weighted by molar-refractivity contribution is 0.0697. The Morgan fingerprint density at radius 3 is 2.42 bits per heavy atom. The predicted octanol–water partition coefficient (Wildman–Crippen LogP) is 4.61. The van der Waals surface area contributed by atoms with Crippen molar-refractivity contribution in [2.45, 2.75) is 19.0 Å². The highest BCUT2D eigenvalue weighted by molar-refractivity contribution is 7.10. The van der Waals surface area contributed by atoms with Gasteiger partial charge in [-0.15, -0.1) is 11.3 Å². The molecule has 1 aromatic heterocycles. The Kier molecular flexibility index (Phi) is 6.30. The van der Waals surface area contributed by atoms with E-state index in [1.54, 1.807) is 25.6 Å². The summed E-state index contributed by atoms with van der Waals surface area (Å²) in [5, 5.41) is 2.06. The molecule has 3 aromatic rings. The standard InChI is InChI=1S/C25H28N2O3S/c1-26(2)16-17-7-9-18(10-8-17)25(28)27-12-11-19-14-21(29-3)22(30-4)15-20(19)24(27)23-6-5-13-31-23/h5-10,13-15,24H,11-12,16H2,1-4H3/t24-/m0/s1. The summed E-state index contributed by atoms with van der Waals surface area (Å²) in [5.74, 6) is 1.46. The van der Waals surface area contributed by atoms with Crippen molar-refractivity contribution in [2.75, 3.05) is 34.9 Å². The molecule has 5 nitrogen and oxygen atoms in total. The van der Waals surface area contributed by atoms with E-state index in [4.69, 9.17) is 9.47 Å². The second-order valence-corrected chi connectivity index (χ2v) is 8.99. The first-order chi connectivity index (χ1) is 15.0. The molecule has 6 heteroatoms. The van der Waals surface area contributed by atoms with E-state index in [9.17, 15) is 4.79 Å². The number of fused-ring (bicyclic) bond motifs is 1. The monoisotopic (exact) mass is 436 g/mol. The van der Waals surface area contributed by atoms with Gasteiger partial charge in [0.15, 0.2) is 11.5 Å². The molecule has 0 fully saturated rings. The molecule has 162 valence electrons. The van der Waals surface area contributed by atoms with Crippen LogP contribution in [-0.2, 0) is 13.0 Å². The molecule has 31 heavy (non-hydrogen) atoms. The number of hydrogen-bond acceptors (Lipinski definition) is 5. The maximum Gasteiger partial charge on any atom is 0.254 e. The molecular formula is C25H28N2O3S. The third-order valence-corrected chi connectivity index (χ3v) is 6.57. The number of amides is 1. The van der Waals surface area contributed by atoms with Crippen molar-refractivity contribution in [1.82, 2.24) is 9.80 Å². The van der Waals surface area contributed by atoms with Gasteiger partial charge in [-0.1, -0.05) is 18.2 Å². The van der Waals surface area contributed by atoms with Crippen LogP contribution in [0.5, 0.6) is 11.5 Å². The summed E-state index contributed by atoms with van der Waals surface area (Å²) < 4.78 is 11.1. The van der Waals surface area contributed by atoms with Gasteiger partial charge in [-0.2, -0.15) is 0 Å². The fourth-order valence-corrected chi connectivity index (χ4v) is 5.06. The Morgan fingerprint density at radius 2 is 1.81 bits per heavy atom. The zero-order valence-electron chi connectivity index (χ0n) is 18.4. The molecule has 0 saturated carbocycles. The van der Waals surface area contributed by atoms with E-state index >= 15 is 0 Å². The smallest absolute Gasteiger partial charge is 0.254 e. The summed E-state index contributed by atoms with van der Waals surface area (Å²) in [6.45, 7) is 1.51. The highest BCUT2D eigenvalue weighted by Gasteiger charge is 2.34. The molecule has 0 bridgehead atoms. The van der Waals surface area contributed by atoms with E-state index in [2.05, 4.69) is 16.3 Å². The Balaban J connectivity index is 1.72. The number of hydrogen-bond donors (Lipinski definition) is 0. The van der Waals surface area contributed by atoms with E-state index in [0.29, 0.717) is 17.9 Å². The predicted molar refractivity (Wildman–Crippen MR) is 124 cm³/mol. The van der Waals surface area contributed by atoms with Crippen LogP contribution in [0.4, 0.5) is 0 Å². The molecule has 0 spiro atoms. The second kappa shape index (κ2) is 9.12. The van der Waals surface area contributed by atoms with Gasteiger partial charge in [0.25, 0.3) is 5.91 Å². The van der Waals surface area contributed by atoms with Crippen LogP contribution < -0.4 is 9.47 Å². The van der Waals surface area contributed by atoms with Gasteiger partial charge in [0, 0.05) is 23.5 Å². The largest absolute Gasteiger partial charge is 0.493 e.